The van der Waals surface area contributed by atoms with E-state index in [1.165, 1.54) is 0 Å². The molecule has 0 amide bonds. The van der Waals surface area contributed by atoms with Crippen molar-refractivity contribution in [2.75, 3.05) is 6.54 Å². The molecule has 1 saturated heterocycles. The zero-order valence-electron chi connectivity index (χ0n) is 14.9. The average Bonchev–Trinajstić information content (AvgIpc) is 3.26. The van der Waals surface area contributed by atoms with Gasteiger partial charge in [-0.2, -0.15) is 0 Å². The Hall–Kier alpha value is -2.61. The van der Waals surface area contributed by atoms with Gasteiger partial charge in [-0.1, -0.05) is 12.1 Å². The monoisotopic (exact) mass is 374 g/mol. The molecule has 4 rings (SSSR count). The molecule has 3 heterocycles. The van der Waals surface area contributed by atoms with Gasteiger partial charge in [-0.15, -0.1) is 0 Å². The number of nitrogens with zero attached hydrogens (tertiary/aromatic N) is 4. The molecule has 6 nitrogen and oxygen atoms in total. The summed E-state index contributed by atoms with van der Waals surface area (Å²) in [7, 11) is 0. The minimum atomic E-state index is -2.63. The molecule has 1 fully saturated rings. The van der Waals surface area contributed by atoms with E-state index in [9.17, 15) is 13.6 Å². The lowest BCUT2D eigenvalue weighted by Gasteiger charge is -2.25. The topological polar surface area (TPSA) is 64.2 Å². The van der Waals surface area contributed by atoms with E-state index in [1.807, 2.05) is 6.92 Å². The van der Waals surface area contributed by atoms with E-state index in [0.29, 0.717) is 29.2 Å². The third-order valence-electron chi connectivity index (χ3n) is 4.88. The predicted octanol–water partition coefficient (Wildman–Crippen LogP) is 3.30. The van der Waals surface area contributed by atoms with Crippen molar-refractivity contribution >= 4 is 10.9 Å². The Bertz CT molecular complexity index is 1010. The molecule has 1 unspecified atom stereocenters. The zero-order chi connectivity index (χ0) is 19.0. The van der Waals surface area contributed by atoms with Gasteiger partial charge in [0.15, 0.2) is 0 Å². The van der Waals surface area contributed by atoms with Crippen LogP contribution >= 0.6 is 0 Å². The Kier molecular flexibility index (Phi) is 4.73. The SMILES string of the molecule is Cc1cnc(CN2CCCC2c2nc3ccccc3c(=O)n2CC(F)F)o1. The van der Waals surface area contributed by atoms with Gasteiger partial charge in [0.05, 0.1) is 36.2 Å². The lowest BCUT2D eigenvalue weighted by Crippen LogP contribution is -2.33. The first-order valence-corrected chi connectivity index (χ1v) is 8.96. The summed E-state index contributed by atoms with van der Waals surface area (Å²) < 4.78 is 33.1. The van der Waals surface area contributed by atoms with Crippen molar-refractivity contribution in [2.45, 2.75) is 45.3 Å². The number of oxazole rings is 1. The van der Waals surface area contributed by atoms with Crippen LogP contribution in [0.1, 0.15) is 36.4 Å². The van der Waals surface area contributed by atoms with E-state index in [0.717, 1.165) is 29.7 Å². The lowest BCUT2D eigenvalue weighted by atomic mass is 10.1. The van der Waals surface area contributed by atoms with Crippen LogP contribution in [-0.4, -0.2) is 32.4 Å². The van der Waals surface area contributed by atoms with E-state index in [2.05, 4.69) is 14.9 Å². The molecule has 1 aliphatic heterocycles. The van der Waals surface area contributed by atoms with Gasteiger partial charge in [-0.3, -0.25) is 14.3 Å². The summed E-state index contributed by atoms with van der Waals surface area (Å²) in [5, 5.41) is 0.356. The molecule has 0 N–H and O–H groups in total. The van der Waals surface area contributed by atoms with Crippen LogP contribution in [0.4, 0.5) is 8.78 Å². The summed E-state index contributed by atoms with van der Waals surface area (Å²) in [4.78, 5) is 23.8. The molecule has 0 bridgehead atoms. The highest BCUT2D eigenvalue weighted by Crippen LogP contribution is 2.32. The number of alkyl halides is 2. The molecule has 27 heavy (non-hydrogen) atoms. The van der Waals surface area contributed by atoms with Crippen molar-refractivity contribution in [2.24, 2.45) is 0 Å². The van der Waals surface area contributed by atoms with Crippen LogP contribution in [-0.2, 0) is 13.1 Å². The first-order chi connectivity index (χ1) is 13.0. The van der Waals surface area contributed by atoms with Crippen LogP contribution in [0.15, 0.2) is 39.7 Å². The van der Waals surface area contributed by atoms with Crippen molar-refractivity contribution in [3.05, 3.63) is 58.3 Å². The Morgan fingerprint density at radius 1 is 1.33 bits per heavy atom. The third-order valence-corrected chi connectivity index (χ3v) is 4.88. The maximum atomic E-state index is 13.2. The Balaban J connectivity index is 1.77. The van der Waals surface area contributed by atoms with Crippen LogP contribution in [0.3, 0.4) is 0 Å². The first-order valence-electron chi connectivity index (χ1n) is 8.96. The summed E-state index contributed by atoms with van der Waals surface area (Å²) >= 11 is 0. The number of para-hydroxylation sites is 1. The highest BCUT2D eigenvalue weighted by molar-refractivity contribution is 5.77. The van der Waals surface area contributed by atoms with Crippen LogP contribution in [0.5, 0.6) is 0 Å². The fraction of sp³-hybridized carbons (Fsp3) is 0.421. The highest BCUT2D eigenvalue weighted by atomic mass is 19.3. The second-order valence-electron chi connectivity index (χ2n) is 6.79. The molecule has 1 aromatic carbocycles. The number of halogens is 2. The minimum Gasteiger partial charge on any atom is -0.445 e. The van der Waals surface area contributed by atoms with Crippen molar-refractivity contribution in [1.29, 1.82) is 0 Å². The smallest absolute Gasteiger partial charge is 0.261 e. The maximum Gasteiger partial charge on any atom is 0.261 e. The Morgan fingerprint density at radius 2 is 2.15 bits per heavy atom. The van der Waals surface area contributed by atoms with E-state index in [4.69, 9.17) is 4.42 Å². The van der Waals surface area contributed by atoms with Gasteiger partial charge in [0, 0.05) is 0 Å². The van der Waals surface area contributed by atoms with Gasteiger partial charge in [0.1, 0.15) is 11.6 Å². The first kappa shape index (κ1) is 17.8. The molecular formula is C19H20F2N4O2. The average molecular weight is 374 g/mol. The molecule has 1 aliphatic rings. The number of fused-ring (bicyclic) bond motifs is 1. The lowest BCUT2D eigenvalue weighted by molar-refractivity contribution is 0.119. The molecule has 1 atom stereocenters. The number of aryl methyl sites for hydroxylation is 1. The highest BCUT2D eigenvalue weighted by Gasteiger charge is 2.31. The summed E-state index contributed by atoms with van der Waals surface area (Å²) in [6, 6.07) is 6.64. The number of likely N-dealkylation sites (tertiary alicyclic amines) is 1. The van der Waals surface area contributed by atoms with Gasteiger partial charge >= 0.3 is 0 Å². The number of aromatic nitrogens is 3. The molecule has 2 aromatic heterocycles. The zero-order valence-corrected chi connectivity index (χ0v) is 14.9. The maximum absolute atomic E-state index is 13.2. The number of hydrogen-bond donors (Lipinski definition) is 0. The molecule has 0 saturated carbocycles. The number of hydrogen-bond acceptors (Lipinski definition) is 5. The number of benzene rings is 1. The van der Waals surface area contributed by atoms with Crippen LogP contribution in [0.25, 0.3) is 10.9 Å². The minimum absolute atomic E-state index is 0.228. The molecular weight excluding hydrogens is 354 g/mol. The van der Waals surface area contributed by atoms with Crippen molar-refractivity contribution in [3.63, 3.8) is 0 Å². The third kappa shape index (κ3) is 3.49. The Labute approximate surface area is 154 Å². The standard InChI is InChI=1S/C19H20F2N4O2/c1-12-9-22-17(27-12)11-24-8-4-7-15(24)18-23-14-6-3-2-5-13(14)19(26)25(18)10-16(20)21/h2-3,5-6,9,15-16H,4,7-8,10-11H2,1H3. The Morgan fingerprint density at radius 3 is 2.89 bits per heavy atom. The van der Waals surface area contributed by atoms with Gasteiger partial charge < -0.3 is 4.42 Å². The van der Waals surface area contributed by atoms with E-state index < -0.39 is 18.5 Å². The van der Waals surface area contributed by atoms with Gasteiger partial charge in [0.25, 0.3) is 12.0 Å². The second kappa shape index (κ2) is 7.19. The molecule has 8 heteroatoms. The molecule has 3 aromatic rings. The fourth-order valence-corrected chi connectivity index (χ4v) is 3.71. The van der Waals surface area contributed by atoms with Crippen molar-refractivity contribution in [1.82, 2.24) is 19.4 Å². The molecule has 0 spiro atoms. The van der Waals surface area contributed by atoms with Crippen molar-refractivity contribution in [3.8, 4) is 0 Å². The van der Waals surface area contributed by atoms with Crippen LogP contribution in [0, 0.1) is 6.92 Å². The second-order valence-corrected chi connectivity index (χ2v) is 6.79. The normalized spacial score (nSPS) is 18.0. The van der Waals surface area contributed by atoms with Crippen LogP contribution in [0.2, 0.25) is 0 Å². The number of rotatable bonds is 5. The molecule has 0 aliphatic carbocycles. The van der Waals surface area contributed by atoms with Gasteiger partial charge in [-0.05, 0) is 38.4 Å². The van der Waals surface area contributed by atoms with Crippen LogP contribution < -0.4 is 5.56 Å². The predicted molar refractivity (Wildman–Crippen MR) is 95.6 cm³/mol. The summed E-state index contributed by atoms with van der Waals surface area (Å²) in [6.45, 7) is 2.39. The van der Waals surface area contributed by atoms with E-state index in [-0.39, 0.29) is 6.04 Å². The molecule has 142 valence electrons. The van der Waals surface area contributed by atoms with Gasteiger partial charge in [0.2, 0.25) is 5.89 Å². The van der Waals surface area contributed by atoms with E-state index in [1.54, 1.807) is 30.5 Å². The van der Waals surface area contributed by atoms with Crippen molar-refractivity contribution < 1.29 is 13.2 Å². The quantitative estimate of drug-likeness (QED) is 0.686. The fourth-order valence-electron chi connectivity index (χ4n) is 3.71. The summed E-state index contributed by atoms with van der Waals surface area (Å²) in [6.07, 6.45) is 0.658. The molecule has 0 radical (unpaired) electrons. The van der Waals surface area contributed by atoms with E-state index >= 15 is 0 Å². The summed E-state index contributed by atoms with van der Waals surface area (Å²) in [5.74, 6) is 1.68. The summed E-state index contributed by atoms with van der Waals surface area (Å²) in [5.41, 5.74) is 0.108. The largest absolute Gasteiger partial charge is 0.445 e. The van der Waals surface area contributed by atoms with Gasteiger partial charge in [-0.25, -0.2) is 18.7 Å².